The summed E-state index contributed by atoms with van der Waals surface area (Å²) < 4.78 is 0. The molecule has 0 unspecified atom stereocenters. The van der Waals surface area contributed by atoms with Gasteiger partial charge in [0.15, 0.2) is 0 Å². The van der Waals surface area contributed by atoms with Gasteiger partial charge < -0.3 is 5.73 Å². The molecule has 1 aliphatic carbocycles. The summed E-state index contributed by atoms with van der Waals surface area (Å²) in [5.74, 6) is 0.844. The number of hydrogen-bond acceptors (Lipinski definition) is 2. The van der Waals surface area contributed by atoms with Crippen LogP contribution in [-0.2, 0) is 0 Å². The maximum atomic E-state index is 5.47. The van der Waals surface area contributed by atoms with Crippen molar-refractivity contribution in [3.63, 3.8) is 0 Å². The summed E-state index contributed by atoms with van der Waals surface area (Å²) in [6.45, 7) is 3.13. The Hall–Kier alpha value is -0.340. The van der Waals surface area contributed by atoms with Crippen molar-refractivity contribution in [2.45, 2.75) is 12.5 Å². The van der Waals surface area contributed by atoms with E-state index < -0.39 is 0 Å². The molecule has 0 saturated carbocycles. The van der Waals surface area contributed by atoms with Crippen LogP contribution in [0.5, 0.6) is 0 Å². The molecule has 2 heteroatoms. The van der Waals surface area contributed by atoms with Crippen LogP contribution in [0.4, 0.5) is 0 Å². The minimum Gasteiger partial charge on any atom is -0.329 e. The van der Waals surface area contributed by atoms with Crippen LogP contribution in [0.2, 0.25) is 0 Å². The van der Waals surface area contributed by atoms with Gasteiger partial charge in [0.2, 0.25) is 0 Å². The third-order valence-corrected chi connectivity index (χ3v) is 2.50. The Balaban J connectivity index is 1.96. The molecule has 0 radical (unpaired) electrons. The first kappa shape index (κ1) is 6.38. The molecule has 1 aliphatic heterocycles. The van der Waals surface area contributed by atoms with E-state index >= 15 is 0 Å². The zero-order valence-corrected chi connectivity index (χ0v) is 6.16. The van der Waals surface area contributed by atoms with Crippen molar-refractivity contribution in [3.8, 4) is 0 Å². The van der Waals surface area contributed by atoms with Crippen molar-refractivity contribution in [3.05, 3.63) is 12.2 Å². The maximum Gasteiger partial charge on any atom is 0.0285 e. The zero-order chi connectivity index (χ0) is 6.97. The van der Waals surface area contributed by atoms with E-state index in [0.717, 1.165) is 25.0 Å². The van der Waals surface area contributed by atoms with E-state index in [0.29, 0.717) is 0 Å². The van der Waals surface area contributed by atoms with Gasteiger partial charge >= 0.3 is 0 Å². The molecule has 0 aromatic rings. The lowest BCUT2D eigenvalue weighted by Crippen LogP contribution is -2.34. The van der Waals surface area contributed by atoms with E-state index in [4.69, 9.17) is 5.73 Å². The lowest BCUT2D eigenvalue weighted by molar-refractivity contribution is 0.288. The first-order valence-corrected chi connectivity index (χ1v) is 4.02. The summed E-state index contributed by atoms with van der Waals surface area (Å²) in [6, 6.07) is 0.730. The van der Waals surface area contributed by atoms with Crippen molar-refractivity contribution in [1.29, 1.82) is 0 Å². The second kappa shape index (κ2) is 2.36. The van der Waals surface area contributed by atoms with Crippen LogP contribution in [0.3, 0.4) is 0 Å². The summed E-state index contributed by atoms with van der Waals surface area (Å²) in [7, 11) is 0. The number of hydrogen-bond donors (Lipinski definition) is 1. The summed E-state index contributed by atoms with van der Waals surface area (Å²) in [6.07, 6.45) is 6.02. The second-order valence-corrected chi connectivity index (χ2v) is 3.23. The van der Waals surface area contributed by atoms with Crippen molar-refractivity contribution in [2.24, 2.45) is 11.7 Å². The van der Waals surface area contributed by atoms with E-state index in [1.54, 1.807) is 0 Å². The highest BCUT2D eigenvalue weighted by atomic mass is 15.2. The molecule has 0 aromatic heterocycles. The number of likely N-dealkylation sites (tertiary alicyclic amines) is 1. The Morgan fingerprint density at radius 1 is 1.50 bits per heavy atom. The van der Waals surface area contributed by atoms with Crippen LogP contribution in [0.25, 0.3) is 0 Å². The van der Waals surface area contributed by atoms with Crippen molar-refractivity contribution < 1.29 is 0 Å². The van der Waals surface area contributed by atoms with Crippen molar-refractivity contribution >= 4 is 0 Å². The summed E-state index contributed by atoms with van der Waals surface area (Å²) in [5.41, 5.74) is 5.47. The highest BCUT2D eigenvalue weighted by molar-refractivity contribution is 5.12. The van der Waals surface area contributed by atoms with E-state index in [2.05, 4.69) is 17.1 Å². The average Bonchev–Trinajstić information content (AvgIpc) is 2.48. The number of nitrogens with two attached hydrogens (primary N) is 1. The van der Waals surface area contributed by atoms with Gasteiger partial charge in [0.25, 0.3) is 0 Å². The Kier molecular flexibility index (Phi) is 1.51. The standard InChI is InChI=1S/C8H14N2/c9-3-4-10-6-7-1-2-8(10)5-7/h1-2,7-8H,3-6,9H2/t7-,8-/m0/s1. The topological polar surface area (TPSA) is 29.3 Å². The molecular formula is C8H14N2. The van der Waals surface area contributed by atoms with Gasteiger partial charge in [0, 0.05) is 25.7 Å². The Morgan fingerprint density at radius 3 is 2.90 bits per heavy atom. The molecule has 0 aromatic carbocycles. The van der Waals surface area contributed by atoms with Crippen LogP contribution in [0.1, 0.15) is 6.42 Å². The molecule has 0 spiro atoms. The predicted molar refractivity (Wildman–Crippen MR) is 41.7 cm³/mol. The van der Waals surface area contributed by atoms with Crippen molar-refractivity contribution in [1.82, 2.24) is 4.90 Å². The fraction of sp³-hybridized carbons (Fsp3) is 0.750. The first-order valence-electron chi connectivity index (χ1n) is 4.02. The van der Waals surface area contributed by atoms with E-state index in [1.807, 2.05) is 0 Å². The van der Waals surface area contributed by atoms with E-state index in [9.17, 15) is 0 Å². The molecule has 2 atom stereocenters. The third-order valence-electron chi connectivity index (χ3n) is 2.50. The van der Waals surface area contributed by atoms with Gasteiger partial charge in [-0.15, -0.1) is 0 Å². The highest BCUT2D eigenvalue weighted by Gasteiger charge is 2.32. The van der Waals surface area contributed by atoms with Crippen LogP contribution in [-0.4, -0.2) is 30.6 Å². The van der Waals surface area contributed by atoms with Crippen LogP contribution >= 0.6 is 0 Å². The predicted octanol–water partition coefficient (Wildman–Crippen LogP) is 0.205. The number of nitrogens with zero attached hydrogens (tertiary/aromatic N) is 1. The van der Waals surface area contributed by atoms with E-state index in [-0.39, 0.29) is 0 Å². The molecule has 2 rings (SSSR count). The Labute approximate surface area is 61.7 Å². The van der Waals surface area contributed by atoms with Gasteiger partial charge in [0.1, 0.15) is 0 Å². The molecule has 1 heterocycles. The molecule has 2 bridgehead atoms. The molecule has 2 nitrogen and oxygen atoms in total. The van der Waals surface area contributed by atoms with Crippen LogP contribution < -0.4 is 5.73 Å². The fourth-order valence-corrected chi connectivity index (χ4v) is 2.02. The van der Waals surface area contributed by atoms with Gasteiger partial charge in [-0.05, 0) is 12.3 Å². The molecule has 2 N–H and O–H groups in total. The quantitative estimate of drug-likeness (QED) is 0.552. The SMILES string of the molecule is NCCN1C[C@H]2C=C[C@H]1C2. The minimum atomic E-state index is 0.730. The second-order valence-electron chi connectivity index (χ2n) is 3.23. The van der Waals surface area contributed by atoms with Gasteiger partial charge in [0.05, 0.1) is 0 Å². The van der Waals surface area contributed by atoms with Crippen molar-refractivity contribution in [2.75, 3.05) is 19.6 Å². The third kappa shape index (κ3) is 0.879. The highest BCUT2D eigenvalue weighted by Crippen LogP contribution is 2.30. The molecule has 1 saturated heterocycles. The van der Waals surface area contributed by atoms with Gasteiger partial charge in [-0.2, -0.15) is 0 Å². The lowest BCUT2D eigenvalue weighted by Gasteiger charge is -2.22. The molecule has 2 aliphatic rings. The molecule has 1 fully saturated rings. The largest absolute Gasteiger partial charge is 0.329 e. The van der Waals surface area contributed by atoms with Crippen LogP contribution in [0, 0.1) is 5.92 Å². The van der Waals surface area contributed by atoms with Gasteiger partial charge in [-0.1, -0.05) is 12.2 Å². The van der Waals surface area contributed by atoms with E-state index in [1.165, 1.54) is 13.0 Å². The summed E-state index contributed by atoms with van der Waals surface area (Å²) >= 11 is 0. The molecule has 56 valence electrons. The maximum absolute atomic E-state index is 5.47. The average molecular weight is 138 g/mol. The molecular weight excluding hydrogens is 124 g/mol. The summed E-state index contributed by atoms with van der Waals surface area (Å²) in [4.78, 5) is 2.48. The monoisotopic (exact) mass is 138 g/mol. The Bertz CT molecular complexity index is 153. The zero-order valence-electron chi connectivity index (χ0n) is 6.16. The fourth-order valence-electron chi connectivity index (χ4n) is 2.02. The lowest BCUT2D eigenvalue weighted by atomic mass is 10.2. The minimum absolute atomic E-state index is 0.730. The Morgan fingerprint density at radius 2 is 2.40 bits per heavy atom. The van der Waals surface area contributed by atoms with Crippen LogP contribution in [0.15, 0.2) is 12.2 Å². The van der Waals surface area contributed by atoms with Gasteiger partial charge in [-0.25, -0.2) is 0 Å². The molecule has 10 heavy (non-hydrogen) atoms. The summed E-state index contributed by atoms with van der Waals surface area (Å²) in [5, 5.41) is 0. The molecule has 0 amide bonds. The first-order chi connectivity index (χ1) is 4.90. The smallest absolute Gasteiger partial charge is 0.0285 e. The van der Waals surface area contributed by atoms with Gasteiger partial charge in [-0.3, -0.25) is 4.90 Å². The number of fused-ring (bicyclic) bond motifs is 2. The normalized spacial score (nSPS) is 37.7. The number of rotatable bonds is 2.